The average molecular weight is 390 g/mol. The summed E-state index contributed by atoms with van der Waals surface area (Å²) in [5.74, 6) is -0.877. The summed E-state index contributed by atoms with van der Waals surface area (Å²) in [5.41, 5.74) is 1.65. The molecule has 0 amide bonds. The van der Waals surface area contributed by atoms with E-state index in [4.69, 9.17) is 0 Å². The zero-order chi connectivity index (χ0) is 13.8. The Morgan fingerprint density at radius 2 is 1.84 bits per heavy atom. The summed E-state index contributed by atoms with van der Waals surface area (Å²) in [6, 6.07) is 11.7. The van der Waals surface area contributed by atoms with Crippen LogP contribution in [0, 0.1) is 11.6 Å². The van der Waals surface area contributed by atoms with Gasteiger partial charge in [0.05, 0.1) is 0 Å². The number of halogens is 4. The van der Waals surface area contributed by atoms with Crippen LogP contribution in [0.3, 0.4) is 0 Å². The number of hydrogen-bond acceptors (Lipinski definition) is 0. The molecule has 2 aromatic carbocycles. The van der Waals surface area contributed by atoms with Gasteiger partial charge in [-0.3, -0.25) is 0 Å². The summed E-state index contributed by atoms with van der Waals surface area (Å²) in [5, 5.41) is 0.722. The fraction of sp³-hybridized carbons (Fsp3) is 0.200. The third-order valence-corrected chi connectivity index (χ3v) is 4.26. The highest BCUT2D eigenvalue weighted by molar-refractivity contribution is 9.10. The molecular weight excluding hydrogens is 378 g/mol. The largest absolute Gasteiger partial charge is 0.207 e. The predicted octanol–water partition coefficient (Wildman–Crippen LogP) is 5.45. The van der Waals surface area contributed by atoms with Gasteiger partial charge in [-0.25, -0.2) is 8.78 Å². The summed E-state index contributed by atoms with van der Waals surface area (Å²) in [7, 11) is 0. The monoisotopic (exact) mass is 388 g/mol. The van der Waals surface area contributed by atoms with Crippen molar-refractivity contribution < 1.29 is 8.78 Å². The maximum atomic E-state index is 13.7. The zero-order valence-corrected chi connectivity index (χ0v) is 13.2. The van der Waals surface area contributed by atoms with E-state index in [0.717, 1.165) is 21.4 Å². The normalized spacial score (nSPS) is 12.4. The molecule has 1 atom stereocenters. The second-order valence-electron chi connectivity index (χ2n) is 4.35. The van der Waals surface area contributed by atoms with E-state index in [1.165, 1.54) is 12.1 Å². The summed E-state index contributed by atoms with van der Waals surface area (Å²) in [6.45, 7) is 0. The molecule has 2 rings (SSSR count). The Balaban J connectivity index is 2.24. The van der Waals surface area contributed by atoms with Gasteiger partial charge in [-0.15, -0.1) is 0 Å². The second kappa shape index (κ2) is 6.62. The Labute approximate surface area is 128 Å². The molecule has 0 bridgehead atoms. The number of benzene rings is 2. The van der Waals surface area contributed by atoms with E-state index in [1.54, 1.807) is 0 Å². The lowest BCUT2D eigenvalue weighted by Crippen LogP contribution is -2.06. The third-order valence-electron chi connectivity index (χ3n) is 2.99. The summed E-state index contributed by atoms with van der Waals surface area (Å²) in [4.78, 5) is 0. The SMILES string of the molecule is Fc1ccc(CC(CBr)c2cccc(Br)c2)c(F)c1. The van der Waals surface area contributed by atoms with Crippen molar-refractivity contribution in [3.63, 3.8) is 0 Å². The highest BCUT2D eigenvalue weighted by atomic mass is 79.9. The van der Waals surface area contributed by atoms with E-state index in [9.17, 15) is 8.78 Å². The Kier molecular flexibility index (Phi) is 5.11. The van der Waals surface area contributed by atoms with Gasteiger partial charge in [0, 0.05) is 15.9 Å². The maximum absolute atomic E-state index is 13.7. The topological polar surface area (TPSA) is 0 Å². The van der Waals surface area contributed by atoms with E-state index < -0.39 is 11.6 Å². The third kappa shape index (κ3) is 3.86. The molecule has 0 radical (unpaired) electrons. The van der Waals surface area contributed by atoms with Crippen molar-refractivity contribution in [3.8, 4) is 0 Å². The van der Waals surface area contributed by atoms with Crippen LogP contribution < -0.4 is 0 Å². The molecule has 0 nitrogen and oxygen atoms in total. The van der Waals surface area contributed by atoms with Crippen LogP contribution in [-0.4, -0.2) is 5.33 Å². The van der Waals surface area contributed by atoms with Crippen molar-refractivity contribution >= 4 is 31.9 Å². The van der Waals surface area contributed by atoms with Gasteiger partial charge in [0.15, 0.2) is 0 Å². The highest BCUT2D eigenvalue weighted by Crippen LogP contribution is 2.26. The minimum Gasteiger partial charge on any atom is -0.207 e. The molecule has 0 N–H and O–H groups in total. The maximum Gasteiger partial charge on any atom is 0.129 e. The van der Waals surface area contributed by atoms with Crippen LogP contribution in [0.4, 0.5) is 8.78 Å². The first-order valence-corrected chi connectivity index (χ1v) is 7.77. The van der Waals surface area contributed by atoms with Crippen LogP contribution in [0.5, 0.6) is 0 Å². The van der Waals surface area contributed by atoms with Crippen LogP contribution in [0.15, 0.2) is 46.9 Å². The first kappa shape index (κ1) is 14.7. The first-order chi connectivity index (χ1) is 9.10. The van der Waals surface area contributed by atoms with Crippen molar-refractivity contribution in [2.75, 3.05) is 5.33 Å². The van der Waals surface area contributed by atoms with Crippen LogP contribution in [0.2, 0.25) is 0 Å². The quantitative estimate of drug-likeness (QED) is 0.610. The molecule has 0 saturated carbocycles. The second-order valence-corrected chi connectivity index (χ2v) is 5.91. The summed E-state index contributed by atoms with van der Waals surface area (Å²) < 4.78 is 27.6. The molecule has 4 heteroatoms. The summed E-state index contributed by atoms with van der Waals surface area (Å²) in [6.07, 6.45) is 0.536. The molecule has 100 valence electrons. The van der Waals surface area contributed by atoms with E-state index in [0.29, 0.717) is 12.0 Å². The Morgan fingerprint density at radius 1 is 1.05 bits per heavy atom. The van der Waals surface area contributed by atoms with Crippen LogP contribution in [0.1, 0.15) is 17.0 Å². The van der Waals surface area contributed by atoms with E-state index >= 15 is 0 Å². The molecule has 0 heterocycles. The van der Waals surface area contributed by atoms with Gasteiger partial charge in [0.1, 0.15) is 11.6 Å². The number of rotatable bonds is 4. The lowest BCUT2D eigenvalue weighted by atomic mass is 9.93. The predicted molar refractivity (Wildman–Crippen MR) is 80.7 cm³/mol. The van der Waals surface area contributed by atoms with E-state index in [-0.39, 0.29) is 5.92 Å². The molecule has 19 heavy (non-hydrogen) atoms. The van der Waals surface area contributed by atoms with Gasteiger partial charge in [-0.05, 0) is 41.7 Å². The van der Waals surface area contributed by atoms with Crippen molar-refractivity contribution in [2.45, 2.75) is 12.3 Å². The summed E-state index contributed by atoms with van der Waals surface area (Å²) >= 11 is 6.89. The lowest BCUT2D eigenvalue weighted by Gasteiger charge is -2.15. The van der Waals surface area contributed by atoms with Crippen LogP contribution in [-0.2, 0) is 6.42 Å². The van der Waals surface area contributed by atoms with Crippen molar-refractivity contribution in [1.29, 1.82) is 0 Å². The van der Waals surface area contributed by atoms with Crippen molar-refractivity contribution in [1.82, 2.24) is 0 Å². The molecule has 1 unspecified atom stereocenters. The highest BCUT2D eigenvalue weighted by Gasteiger charge is 2.14. The first-order valence-electron chi connectivity index (χ1n) is 5.85. The number of alkyl halides is 1. The standard InChI is InChI=1S/C15H12Br2F2/c16-9-12(10-2-1-3-13(17)7-10)6-11-4-5-14(18)8-15(11)19/h1-5,7-8,12H,6,9H2. The van der Waals surface area contributed by atoms with Gasteiger partial charge in [0.2, 0.25) is 0 Å². The lowest BCUT2D eigenvalue weighted by molar-refractivity contribution is 0.566. The number of hydrogen-bond donors (Lipinski definition) is 0. The molecule has 0 saturated heterocycles. The van der Waals surface area contributed by atoms with Gasteiger partial charge < -0.3 is 0 Å². The molecule has 0 aliphatic heterocycles. The zero-order valence-electron chi connectivity index (χ0n) is 10.0. The van der Waals surface area contributed by atoms with Gasteiger partial charge >= 0.3 is 0 Å². The molecule has 0 aromatic heterocycles. The van der Waals surface area contributed by atoms with Gasteiger partial charge in [-0.1, -0.05) is 50.1 Å². The molecular formula is C15H12Br2F2. The molecule has 0 aliphatic carbocycles. The van der Waals surface area contributed by atoms with Crippen LogP contribution >= 0.6 is 31.9 Å². The van der Waals surface area contributed by atoms with E-state index in [2.05, 4.69) is 31.9 Å². The molecule has 0 aliphatic rings. The fourth-order valence-electron chi connectivity index (χ4n) is 1.97. The minimum absolute atomic E-state index is 0.150. The molecule has 0 fully saturated rings. The fourth-order valence-corrected chi connectivity index (χ4v) is 2.99. The van der Waals surface area contributed by atoms with Gasteiger partial charge in [-0.2, -0.15) is 0 Å². The average Bonchev–Trinajstić information content (AvgIpc) is 2.38. The molecule has 0 spiro atoms. The minimum atomic E-state index is -0.543. The van der Waals surface area contributed by atoms with Crippen LogP contribution in [0.25, 0.3) is 0 Å². The van der Waals surface area contributed by atoms with Crippen molar-refractivity contribution in [3.05, 3.63) is 69.7 Å². The Hall–Kier alpha value is -0.740. The smallest absolute Gasteiger partial charge is 0.129 e. The van der Waals surface area contributed by atoms with Crippen molar-refractivity contribution in [2.24, 2.45) is 0 Å². The molecule has 2 aromatic rings. The van der Waals surface area contributed by atoms with Gasteiger partial charge in [0.25, 0.3) is 0 Å². The Morgan fingerprint density at radius 3 is 2.47 bits per heavy atom. The Bertz CT molecular complexity index is 570. The van der Waals surface area contributed by atoms with E-state index in [1.807, 2.05) is 24.3 Å².